The number of alkyl halides is 6. The van der Waals surface area contributed by atoms with Gasteiger partial charge in [-0.15, -0.1) is 5.10 Å². The molecule has 0 aliphatic rings. The van der Waals surface area contributed by atoms with Crippen LogP contribution in [0.5, 0.6) is 0 Å². The molecule has 6 nitrogen and oxygen atoms in total. The van der Waals surface area contributed by atoms with Gasteiger partial charge in [-0.25, -0.2) is 0 Å². The molecule has 12 heteroatoms. The molecule has 28 heavy (non-hydrogen) atoms. The van der Waals surface area contributed by atoms with E-state index in [0.29, 0.717) is 6.07 Å². The summed E-state index contributed by atoms with van der Waals surface area (Å²) in [5.74, 6) is -0.873. The van der Waals surface area contributed by atoms with Crippen molar-refractivity contribution >= 4 is 28.8 Å². The predicted molar refractivity (Wildman–Crippen MR) is 89.5 cm³/mol. The van der Waals surface area contributed by atoms with E-state index in [1.165, 1.54) is 4.90 Å². The van der Waals surface area contributed by atoms with E-state index in [2.05, 4.69) is 27.1 Å². The number of amides is 1. The quantitative estimate of drug-likeness (QED) is 0.364. The molecule has 0 unspecified atom stereocenters. The number of benzene rings is 1. The standard InChI is InChI=1S/C16H13F6N5O/c1-8(14(28)23-7-27(2)3)25-12-6-24-26-13-10(12)4-9(15(17,18)19)5-11(13)16(20,21)22/h4-7H,1H2,2-3H3,(H,25,26). The monoisotopic (exact) mass is 405 g/mol. The minimum Gasteiger partial charge on any atom is -0.369 e. The number of aliphatic imine (C=N–C) groups is 1. The van der Waals surface area contributed by atoms with Crippen molar-refractivity contribution in [1.82, 2.24) is 15.1 Å². The summed E-state index contributed by atoms with van der Waals surface area (Å²) in [6.45, 7) is 3.39. The minimum atomic E-state index is -5.10. The molecule has 1 N–H and O–H groups in total. The summed E-state index contributed by atoms with van der Waals surface area (Å²) in [5.41, 5.74) is -4.61. The number of carbonyl (C=O) groups is 1. The van der Waals surface area contributed by atoms with Gasteiger partial charge in [0.2, 0.25) is 0 Å². The Balaban J connectivity index is 2.59. The minimum absolute atomic E-state index is 0.0395. The van der Waals surface area contributed by atoms with Gasteiger partial charge in [-0.05, 0) is 12.1 Å². The lowest BCUT2D eigenvalue weighted by Crippen LogP contribution is -2.15. The lowest BCUT2D eigenvalue weighted by molar-refractivity contribution is -0.142. The van der Waals surface area contributed by atoms with E-state index in [1.54, 1.807) is 14.1 Å². The largest absolute Gasteiger partial charge is 0.418 e. The van der Waals surface area contributed by atoms with E-state index in [1.807, 2.05) is 0 Å². The van der Waals surface area contributed by atoms with Gasteiger partial charge in [0.05, 0.1) is 35.0 Å². The molecule has 1 aromatic heterocycles. The Hall–Kier alpha value is -3.18. The van der Waals surface area contributed by atoms with E-state index < -0.39 is 40.3 Å². The number of hydrogen-bond acceptors (Lipinski definition) is 4. The van der Waals surface area contributed by atoms with Crippen molar-refractivity contribution < 1.29 is 31.1 Å². The fraction of sp³-hybridized carbons (Fsp3) is 0.250. The summed E-state index contributed by atoms with van der Waals surface area (Å²) in [6.07, 6.45) is -8.09. The number of hydrogen-bond donors (Lipinski definition) is 1. The number of fused-ring (bicyclic) bond motifs is 1. The van der Waals surface area contributed by atoms with Crippen LogP contribution < -0.4 is 5.32 Å². The van der Waals surface area contributed by atoms with Crippen LogP contribution in [0.25, 0.3) is 10.9 Å². The highest BCUT2D eigenvalue weighted by molar-refractivity contribution is 6.02. The number of nitrogens with zero attached hydrogens (tertiary/aromatic N) is 4. The molecule has 2 aromatic rings. The van der Waals surface area contributed by atoms with Crippen molar-refractivity contribution in [2.24, 2.45) is 4.99 Å². The molecule has 0 aliphatic heterocycles. The SMILES string of the molecule is C=C(Nc1cnnc2c(C(F)(F)F)cc(C(F)(F)F)cc12)C(=O)N=CN(C)C. The van der Waals surface area contributed by atoms with E-state index >= 15 is 0 Å². The zero-order chi connectivity index (χ0) is 21.3. The summed E-state index contributed by atoms with van der Waals surface area (Å²) >= 11 is 0. The number of carbonyl (C=O) groups excluding carboxylic acids is 1. The van der Waals surface area contributed by atoms with Crippen molar-refractivity contribution in [3.05, 3.63) is 41.7 Å². The summed E-state index contributed by atoms with van der Waals surface area (Å²) in [4.78, 5) is 16.8. The second-order valence-corrected chi connectivity index (χ2v) is 5.79. The van der Waals surface area contributed by atoms with Gasteiger partial charge in [-0.3, -0.25) is 4.79 Å². The molecule has 0 saturated heterocycles. The number of anilines is 1. The normalized spacial score (nSPS) is 12.4. The van der Waals surface area contributed by atoms with Gasteiger partial charge in [0.15, 0.2) is 0 Å². The lowest BCUT2D eigenvalue weighted by Gasteiger charge is -2.16. The molecule has 1 heterocycles. The van der Waals surface area contributed by atoms with Gasteiger partial charge in [-0.2, -0.15) is 36.4 Å². The molecular formula is C16H13F6N5O. The topological polar surface area (TPSA) is 70.5 Å². The summed E-state index contributed by atoms with van der Waals surface area (Å²) < 4.78 is 78.9. The molecule has 0 radical (unpaired) electrons. The number of nitrogens with one attached hydrogen (secondary N) is 1. The van der Waals surface area contributed by atoms with Crippen LogP contribution in [0.2, 0.25) is 0 Å². The Morgan fingerprint density at radius 1 is 1.18 bits per heavy atom. The molecule has 0 aliphatic carbocycles. The van der Waals surface area contributed by atoms with Gasteiger partial charge in [0.25, 0.3) is 5.91 Å². The maximum absolute atomic E-state index is 13.2. The van der Waals surface area contributed by atoms with Crippen LogP contribution in [-0.4, -0.2) is 41.4 Å². The molecule has 1 amide bonds. The molecule has 0 fully saturated rings. The average Bonchev–Trinajstić information content (AvgIpc) is 2.57. The third-order valence-electron chi connectivity index (χ3n) is 3.33. The maximum atomic E-state index is 13.2. The molecule has 1 aromatic carbocycles. The van der Waals surface area contributed by atoms with Crippen molar-refractivity contribution in [2.45, 2.75) is 12.4 Å². The van der Waals surface area contributed by atoms with Gasteiger partial charge < -0.3 is 10.2 Å². The van der Waals surface area contributed by atoms with Gasteiger partial charge in [0.1, 0.15) is 5.52 Å². The van der Waals surface area contributed by atoms with Crippen LogP contribution in [0.4, 0.5) is 32.0 Å². The second kappa shape index (κ2) is 7.44. The molecule has 0 saturated carbocycles. The molecular weight excluding hydrogens is 392 g/mol. The van der Waals surface area contributed by atoms with E-state index in [9.17, 15) is 31.1 Å². The Morgan fingerprint density at radius 2 is 1.82 bits per heavy atom. The van der Waals surface area contributed by atoms with Crippen LogP contribution in [-0.2, 0) is 17.1 Å². The van der Waals surface area contributed by atoms with Gasteiger partial charge >= 0.3 is 12.4 Å². The number of rotatable bonds is 4. The Kier molecular flexibility index (Phi) is 5.62. The first-order valence-electron chi connectivity index (χ1n) is 7.45. The first-order valence-corrected chi connectivity index (χ1v) is 7.45. The fourth-order valence-corrected chi connectivity index (χ4v) is 2.10. The zero-order valence-electron chi connectivity index (χ0n) is 14.5. The molecule has 0 spiro atoms. The van der Waals surface area contributed by atoms with Crippen LogP contribution >= 0.6 is 0 Å². The Morgan fingerprint density at radius 3 is 2.36 bits per heavy atom. The van der Waals surface area contributed by atoms with Crippen LogP contribution in [0.1, 0.15) is 11.1 Å². The second-order valence-electron chi connectivity index (χ2n) is 5.79. The van der Waals surface area contributed by atoms with Crippen molar-refractivity contribution in [1.29, 1.82) is 0 Å². The highest BCUT2D eigenvalue weighted by Crippen LogP contribution is 2.40. The fourth-order valence-electron chi connectivity index (χ4n) is 2.10. The summed E-state index contributed by atoms with van der Waals surface area (Å²) in [7, 11) is 3.18. The van der Waals surface area contributed by atoms with E-state index in [-0.39, 0.29) is 17.5 Å². The summed E-state index contributed by atoms with van der Waals surface area (Å²) in [5, 5.41) is 8.51. The highest BCUT2D eigenvalue weighted by atomic mass is 19.4. The molecule has 0 atom stereocenters. The average molecular weight is 405 g/mol. The molecule has 150 valence electrons. The Labute approximate surface area is 154 Å². The van der Waals surface area contributed by atoms with E-state index in [0.717, 1.165) is 12.5 Å². The molecule has 0 bridgehead atoms. The van der Waals surface area contributed by atoms with Gasteiger partial charge in [-0.1, -0.05) is 6.58 Å². The first-order chi connectivity index (χ1) is 12.8. The smallest absolute Gasteiger partial charge is 0.369 e. The van der Waals surface area contributed by atoms with Crippen molar-refractivity contribution in [3.63, 3.8) is 0 Å². The number of halogens is 6. The molecule has 2 rings (SSSR count). The first kappa shape index (κ1) is 21.1. The third-order valence-corrected chi connectivity index (χ3v) is 3.33. The van der Waals surface area contributed by atoms with Crippen molar-refractivity contribution in [3.8, 4) is 0 Å². The maximum Gasteiger partial charge on any atom is 0.418 e. The van der Waals surface area contributed by atoms with Crippen LogP contribution in [0.15, 0.2) is 35.6 Å². The number of aromatic nitrogens is 2. The zero-order valence-corrected chi connectivity index (χ0v) is 14.5. The van der Waals surface area contributed by atoms with Crippen LogP contribution in [0.3, 0.4) is 0 Å². The summed E-state index contributed by atoms with van der Waals surface area (Å²) in [6, 6.07) is 0.449. The van der Waals surface area contributed by atoms with Gasteiger partial charge in [0, 0.05) is 19.5 Å². The Bertz CT molecular complexity index is 949. The lowest BCUT2D eigenvalue weighted by atomic mass is 10.0. The predicted octanol–water partition coefficient (Wildman–Crippen LogP) is 3.71. The third kappa shape index (κ3) is 4.75. The van der Waals surface area contributed by atoms with E-state index in [4.69, 9.17) is 0 Å². The van der Waals surface area contributed by atoms with Crippen molar-refractivity contribution in [2.75, 3.05) is 19.4 Å². The van der Waals surface area contributed by atoms with Crippen LogP contribution in [0, 0.1) is 0 Å². The highest BCUT2D eigenvalue weighted by Gasteiger charge is 2.39.